The molecule has 0 saturated carbocycles. The van der Waals surface area contributed by atoms with Gasteiger partial charge in [0.05, 0.1) is 4.90 Å². The van der Waals surface area contributed by atoms with Crippen molar-refractivity contribution in [2.24, 2.45) is 0 Å². The molecule has 1 aliphatic rings. The number of benzene rings is 2. The third-order valence-corrected chi connectivity index (χ3v) is 7.94. The predicted molar refractivity (Wildman–Crippen MR) is 117 cm³/mol. The van der Waals surface area contributed by atoms with Crippen LogP contribution in [0.5, 0.6) is 0 Å². The second-order valence-electron chi connectivity index (χ2n) is 7.00. The zero-order valence-electron chi connectivity index (χ0n) is 16.1. The highest BCUT2D eigenvalue weighted by Gasteiger charge is 2.39. The van der Waals surface area contributed by atoms with Gasteiger partial charge in [-0.3, -0.25) is 10.1 Å². The van der Waals surface area contributed by atoms with Gasteiger partial charge < -0.3 is 0 Å². The fourth-order valence-corrected chi connectivity index (χ4v) is 5.84. The van der Waals surface area contributed by atoms with E-state index < -0.39 is 22.0 Å². The molecule has 1 saturated heterocycles. The number of aromatic nitrogens is 2. The van der Waals surface area contributed by atoms with Crippen molar-refractivity contribution in [3.63, 3.8) is 0 Å². The largest absolute Gasteiger partial charge is 0.299 e. The molecule has 0 unspecified atom stereocenters. The van der Waals surface area contributed by atoms with Gasteiger partial charge in [0.2, 0.25) is 21.1 Å². The molecule has 1 aliphatic heterocycles. The third-order valence-electron chi connectivity index (χ3n) is 4.88. The molecule has 0 radical (unpaired) electrons. The fraction of sp³-hybridized carbons (Fsp3) is 0.250. The van der Waals surface area contributed by atoms with Crippen LogP contribution in [-0.4, -0.2) is 41.4 Å². The summed E-state index contributed by atoms with van der Waals surface area (Å²) in [4.78, 5) is 13.0. The van der Waals surface area contributed by atoms with Crippen molar-refractivity contribution in [1.29, 1.82) is 0 Å². The van der Waals surface area contributed by atoms with Crippen molar-refractivity contribution < 1.29 is 13.2 Å². The average molecular weight is 463 g/mol. The summed E-state index contributed by atoms with van der Waals surface area (Å²) >= 11 is 7.11. The standard InChI is InChI=1S/C20H19ClN4O3S2/c1-13-4-6-14(7-5-13)19-23-24-20(29-19)22-18(26)17-3-2-12-25(17)30(27,28)16-10-8-15(21)9-11-16/h4-11,17H,2-3,12H2,1H3,(H,22,24,26)/t17-/m1/s1. The first-order valence-corrected chi connectivity index (χ1v) is 12.0. The number of carbonyl (C=O) groups is 1. The van der Waals surface area contributed by atoms with E-state index in [1.807, 2.05) is 31.2 Å². The summed E-state index contributed by atoms with van der Waals surface area (Å²) < 4.78 is 27.3. The highest BCUT2D eigenvalue weighted by molar-refractivity contribution is 7.89. The molecule has 0 spiro atoms. The Balaban J connectivity index is 1.50. The van der Waals surface area contributed by atoms with Gasteiger partial charge in [-0.05, 0) is 44.0 Å². The molecule has 2 aromatic carbocycles. The monoisotopic (exact) mass is 462 g/mol. The zero-order chi connectivity index (χ0) is 21.3. The smallest absolute Gasteiger partial charge is 0.244 e. The molecule has 2 heterocycles. The minimum Gasteiger partial charge on any atom is -0.299 e. The minimum absolute atomic E-state index is 0.115. The highest BCUT2D eigenvalue weighted by atomic mass is 35.5. The van der Waals surface area contributed by atoms with Gasteiger partial charge in [0.15, 0.2) is 0 Å². The van der Waals surface area contributed by atoms with Crippen molar-refractivity contribution in [2.75, 3.05) is 11.9 Å². The van der Waals surface area contributed by atoms with Crippen LogP contribution in [-0.2, 0) is 14.8 Å². The van der Waals surface area contributed by atoms with Crippen LogP contribution >= 0.6 is 22.9 Å². The molecule has 1 aromatic heterocycles. The molecule has 1 N–H and O–H groups in total. The Bertz CT molecular complexity index is 1160. The summed E-state index contributed by atoms with van der Waals surface area (Å²) in [5.41, 5.74) is 2.05. The van der Waals surface area contributed by atoms with Gasteiger partial charge in [-0.1, -0.05) is 52.8 Å². The molecule has 30 heavy (non-hydrogen) atoms. The molecule has 0 aliphatic carbocycles. The number of hydrogen-bond donors (Lipinski definition) is 1. The van der Waals surface area contributed by atoms with E-state index in [4.69, 9.17) is 11.6 Å². The van der Waals surface area contributed by atoms with Crippen LogP contribution in [0, 0.1) is 6.92 Å². The van der Waals surface area contributed by atoms with Crippen LogP contribution in [0.1, 0.15) is 18.4 Å². The van der Waals surface area contributed by atoms with Crippen molar-refractivity contribution >= 4 is 44.0 Å². The number of rotatable bonds is 5. The van der Waals surface area contributed by atoms with Crippen LogP contribution < -0.4 is 5.32 Å². The van der Waals surface area contributed by atoms with Crippen LogP contribution in [0.15, 0.2) is 53.4 Å². The average Bonchev–Trinajstić information content (AvgIpc) is 3.39. The van der Waals surface area contributed by atoms with Gasteiger partial charge in [0, 0.05) is 17.1 Å². The minimum atomic E-state index is -3.80. The third kappa shape index (κ3) is 4.24. The molecule has 1 fully saturated rings. The molecule has 4 rings (SSSR count). The molecule has 1 amide bonds. The Labute approximate surface area is 183 Å². The molecule has 7 nitrogen and oxygen atoms in total. The Morgan fingerprint density at radius 2 is 1.83 bits per heavy atom. The van der Waals surface area contributed by atoms with Crippen LogP contribution in [0.2, 0.25) is 5.02 Å². The molecule has 1 atom stereocenters. The van der Waals surface area contributed by atoms with Crippen molar-refractivity contribution in [2.45, 2.75) is 30.7 Å². The molecule has 10 heteroatoms. The topological polar surface area (TPSA) is 92.3 Å². The number of carbonyl (C=O) groups excluding carboxylic acids is 1. The lowest BCUT2D eigenvalue weighted by molar-refractivity contribution is -0.119. The van der Waals surface area contributed by atoms with E-state index >= 15 is 0 Å². The first-order chi connectivity index (χ1) is 14.3. The van der Waals surface area contributed by atoms with Crippen molar-refractivity contribution in [1.82, 2.24) is 14.5 Å². The van der Waals surface area contributed by atoms with Gasteiger partial charge in [-0.25, -0.2) is 8.42 Å². The lowest BCUT2D eigenvalue weighted by atomic mass is 10.2. The van der Waals surface area contributed by atoms with Crippen molar-refractivity contribution in [3.8, 4) is 10.6 Å². The second-order valence-corrected chi connectivity index (χ2v) is 10.3. The first kappa shape index (κ1) is 20.9. The SMILES string of the molecule is Cc1ccc(-c2nnc(NC(=O)[C@H]3CCCN3S(=O)(=O)c3ccc(Cl)cc3)s2)cc1. The second kappa shape index (κ2) is 8.43. The number of hydrogen-bond acceptors (Lipinski definition) is 6. The Morgan fingerprint density at radius 1 is 1.13 bits per heavy atom. The van der Waals surface area contributed by atoms with E-state index in [0.29, 0.717) is 28.0 Å². The lowest BCUT2D eigenvalue weighted by Gasteiger charge is -2.23. The Morgan fingerprint density at radius 3 is 2.53 bits per heavy atom. The number of nitrogens with one attached hydrogen (secondary N) is 1. The number of anilines is 1. The van der Waals surface area contributed by atoms with E-state index in [9.17, 15) is 13.2 Å². The maximum absolute atomic E-state index is 13.0. The molecule has 3 aromatic rings. The van der Waals surface area contributed by atoms with E-state index in [-0.39, 0.29) is 11.4 Å². The molecule has 0 bridgehead atoms. The van der Waals surface area contributed by atoms with Gasteiger partial charge in [0.1, 0.15) is 11.0 Å². The molecule has 156 valence electrons. The quantitative estimate of drug-likeness (QED) is 0.619. The van der Waals surface area contributed by atoms with Gasteiger partial charge in [-0.15, -0.1) is 10.2 Å². The van der Waals surface area contributed by atoms with Crippen LogP contribution in [0.25, 0.3) is 10.6 Å². The van der Waals surface area contributed by atoms with E-state index in [0.717, 1.165) is 11.1 Å². The normalized spacial score (nSPS) is 17.2. The fourth-order valence-electron chi connectivity index (χ4n) is 3.31. The number of sulfonamides is 1. The van der Waals surface area contributed by atoms with E-state index in [1.165, 1.54) is 39.9 Å². The number of nitrogens with zero attached hydrogens (tertiary/aromatic N) is 3. The Hall–Kier alpha value is -2.33. The number of aryl methyl sites for hydroxylation is 1. The summed E-state index contributed by atoms with van der Waals surface area (Å²) in [6, 6.07) is 13.0. The van der Waals surface area contributed by atoms with Gasteiger partial charge in [-0.2, -0.15) is 4.31 Å². The maximum Gasteiger partial charge on any atom is 0.244 e. The summed E-state index contributed by atoms with van der Waals surface area (Å²) in [5, 5.41) is 12.4. The van der Waals surface area contributed by atoms with Gasteiger partial charge >= 0.3 is 0 Å². The number of halogens is 1. The highest BCUT2D eigenvalue weighted by Crippen LogP contribution is 2.30. The number of amides is 1. The summed E-state index contributed by atoms with van der Waals surface area (Å²) in [6.07, 6.45) is 1.05. The molecular formula is C20H19ClN4O3S2. The predicted octanol–water partition coefficient (Wildman–Crippen LogP) is 3.96. The summed E-state index contributed by atoms with van der Waals surface area (Å²) in [7, 11) is -3.80. The van der Waals surface area contributed by atoms with Crippen LogP contribution in [0.4, 0.5) is 5.13 Å². The summed E-state index contributed by atoms with van der Waals surface area (Å²) in [5.74, 6) is -0.406. The lowest BCUT2D eigenvalue weighted by Crippen LogP contribution is -2.43. The maximum atomic E-state index is 13.0. The van der Waals surface area contributed by atoms with E-state index in [2.05, 4.69) is 15.5 Å². The van der Waals surface area contributed by atoms with Crippen molar-refractivity contribution in [3.05, 3.63) is 59.1 Å². The first-order valence-electron chi connectivity index (χ1n) is 9.33. The zero-order valence-corrected chi connectivity index (χ0v) is 18.5. The Kier molecular flexibility index (Phi) is 5.88. The molecular weight excluding hydrogens is 444 g/mol. The van der Waals surface area contributed by atoms with Gasteiger partial charge in [0.25, 0.3) is 0 Å². The summed E-state index contributed by atoms with van der Waals surface area (Å²) in [6.45, 7) is 2.29. The van der Waals surface area contributed by atoms with E-state index in [1.54, 1.807) is 0 Å². The van der Waals surface area contributed by atoms with Crippen LogP contribution in [0.3, 0.4) is 0 Å².